The lowest BCUT2D eigenvalue weighted by Gasteiger charge is -2.27. The Balaban J connectivity index is 1.72. The molecule has 1 aliphatic rings. The summed E-state index contributed by atoms with van der Waals surface area (Å²) in [6.45, 7) is 0.994. The van der Waals surface area contributed by atoms with Gasteiger partial charge in [-0.25, -0.2) is 4.57 Å². The van der Waals surface area contributed by atoms with Gasteiger partial charge in [0.15, 0.2) is 0 Å². The van der Waals surface area contributed by atoms with Gasteiger partial charge in [0.25, 0.3) is 5.91 Å². The van der Waals surface area contributed by atoms with Gasteiger partial charge in [-0.15, -0.1) is 0 Å². The first-order valence-electron chi connectivity index (χ1n) is 10.2. The third-order valence-corrected chi connectivity index (χ3v) is 5.74. The number of methoxy groups -OCH3 is 1. The van der Waals surface area contributed by atoms with Crippen molar-refractivity contribution < 1.29 is 24.0 Å². The highest BCUT2D eigenvalue weighted by molar-refractivity contribution is 6.46. The largest absolute Gasteiger partial charge is 0.872 e. The summed E-state index contributed by atoms with van der Waals surface area (Å²) in [6, 6.07) is 12.6. The summed E-state index contributed by atoms with van der Waals surface area (Å²) in [5, 5.41) is 13.8. The second-order valence-corrected chi connectivity index (χ2v) is 7.89. The highest BCUT2D eigenvalue weighted by Crippen LogP contribution is 2.39. The highest BCUT2D eigenvalue weighted by Gasteiger charge is 2.43. The molecule has 1 saturated heterocycles. The summed E-state index contributed by atoms with van der Waals surface area (Å²) in [5.74, 6) is -1.25. The molecule has 7 nitrogen and oxygen atoms in total. The smallest absolute Gasteiger partial charge is 0.295 e. The predicted molar refractivity (Wildman–Crippen MR) is 116 cm³/mol. The molecule has 8 heteroatoms. The van der Waals surface area contributed by atoms with Crippen molar-refractivity contribution in [1.29, 1.82) is 0 Å². The molecule has 32 heavy (non-hydrogen) atoms. The predicted octanol–water partition coefficient (Wildman–Crippen LogP) is 2.28. The van der Waals surface area contributed by atoms with Gasteiger partial charge < -0.3 is 14.7 Å². The lowest BCUT2D eigenvalue weighted by molar-refractivity contribution is -0.695. The first-order valence-corrected chi connectivity index (χ1v) is 10.6. The van der Waals surface area contributed by atoms with E-state index in [1.807, 2.05) is 17.1 Å². The average Bonchev–Trinajstić information content (AvgIpc) is 3.41. The molecule has 2 aromatic carbocycles. The summed E-state index contributed by atoms with van der Waals surface area (Å²) in [6.07, 6.45) is 6.14. The van der Waals surface area contributed by atoms with E-state index in [4.69, 9.17) is 16.3 Å². The van der Waals surface area contributed by atoms with E-state index in [1.54, 1.807) is 61.8 Å². The fourth-order valence-electron chi connectivity index (χ4n) is 3.87. The van der Waals surface area contributed by atoms with Crippen molar-refractivity contribution in [2.75, 3.05) is 13.7 Å². The summed E-state index contributed by atoms with van der Waals surface area (Å²) in [5.41, 5.74) is 0.946. The number of benzene rings is 2. The van der Waals surface area contributed by atoms with Crippen LogP contribution in [0.15, 0.2) is 72.8 Å². The van der Waals surface area contributed by atoms with Crippen LogP contribution < -0.4 is 14.4 Å². The number of rotatable bonds is 7. The molecule has 3 aromatic rings. The quantitative estimate of drug-likeness (QED) is 0.258. The zero-order valence-electron chi connectivity index (χ0n) is 17.5. The highest BCUT2D eigenvalue weighted by atomic mass is 35.5. The van der Waals surface area contributed by atoms with Gasteiger partial charge in [0.1, 0.15) is 18.1 Å². The number of halogens is 1. The van der Waals surface area contributed by atoms with E-state index in [0.29, 0.717) is 41.4 Å². The van der Waals surface area contributed by atoms with Crippen molar-refractivity contribution in [3.63, 3.8) is 0 Å². The average molecular weight is 452 g/mol. The molecule has 0 spiro atoms. The Hall–Kier alpha value is -3.58. The molecular formula is C24H22ClN3O4. The number of ketones is 1. The van der Waals surface area contributed by atoms with Gasteiger partial charge in [-0.05, 0) is 35.4 Å². The molecule has 164 valence electrons. The zero-order chi connectivity index (χ0) is 22.7. The minimum atomic E-state index is -0.764. The number of ether oxygens (including phenoxy) is 1. The maximum Gasteiger partial charge on any atom is 0.295 e. The van der Waals surface area contributed by atoms with Crippen LogP contribution in [0, 0.1) is 0 Å². The zero-order valence-corrected chi connectivity index (χ0v) is 18.2. The fourth-order valence-corrected chi connectivity index (χ4v) is 4.00. The number of hydrogen-bond donors (Lipinski definition) is 1. The van der Waals surface area contributed by atoms with Crippen LogP contribution in [0.1, 0.15) is 23.6 Å². The van der Waals surface area contributed by atoms with Crippen molar-refractivity contribution in [3.8, 4) is 5.75 Å². The van der Waals surface area contributed by atoms with Gasteiger partial charge in [-0.2, -0.15) is 0 Å². The summed E-state index contributed by atoms with van der Waals surface area (Å²) >= 11 is 5.94. The van der Waals surface area contributed by atoms with Crippen molar-refractivity contribution in [2.45, 2.75) is 19.0 Å². The molecule has 1 aromatic heterocycles. The molecule has 2 heterocycles. The van der Waals surface area contributed by atoms with Crippen molar-refractivity contribution in [1.82, 2.24) is 9.88 Å². The van der Waals surface area contributed by atoms with Gasteiger partial charge in [-0.1, -0.05) is 41.6 Å². The minimum absolute atomic E-state index is 0.0446. The number of likely N-dealkylation sites (tertiary alicyclic amines) is 1. The number of nitrogens with one attached hydrogen (secondary N) is 1. The Kier molecular flexibility index (Phi) is 6.28. The molecule has 0 radical (unpaired) electrons. The number of carbonyl (C=O) groups excluding carboxylic acids is 2. The maximum atomic E-state index is 13.3. The van der Waals surface area contributed by atoms with E-state index in [0.717, 1.165) is 0 Å². The molecule has 1 N–H and O–H groups in total. The summed E-state index contributed by atoms with van der Waals surface area (Å²) < 4.78 is 7.18. The number of aryl methyl sites for hydroxylation is 1. The van der Waals surface area contributed by atoms with E-state index in [-0.39, 0.29) is 5.57 Å². The summed E-state index contributed by atoms with van der Waals surface area (Å²) in [7, 11) is 1.56. The number of imidazole rings is 1. The number of amides is 1. The van der Waals surface area contributed by atoms with Crippen LogP contribution in [-0.2, 0) is 16.1 Å². The molecule has 0 saturated carbocycles. The van der Waals surface area contributed by atoms with Crippen LogP contribution in [0.5, 0.6) is 5.75 Å². The normalized spacial score (nSPS) is 17.7. The SMILES string of the molecule is COc1ccc(C2C(=C([O-])c3ccc(Cl)cc3)C(=O)C(=O)N2CCC[n+]2cc[nH]c2)cc1. The number of nitrogens with zero attached hydrogens (tertiary/aromatic N) is 2. The van der Waals surface area contributed by atoms with Gasteiger partial charge in [0, 0.05) is 23.6 Å². The Morgan fingerprint density at radius 3 is 2.50 bits per heavy atom. The van der Waals surface area contributed by atoms with Gasteiger partial charge in [-0.3, -0.25) is 14.6 Å². The monoisotopic (exact) mass is 451 g/mol. The van der Waals surface area contributed by atoms with Crippen LogP contribution in [0.3, 0.4) is 0 Å². The Morgan fingerprint density at radius 1 is 1.16 bits per heavy atom. The second-order valence-electron chi connectivity index (χ2n) is 7.46. The molecular weight excluding hydrogens is 430 g/mol. The van der Waals surface area contributed by atoms with Crippen molar-refractivity contribution in [3.05, 3.63) is 89.0 Å². The van der Waals surface area contributed by atoms with E-state index in [9.17, 15) is 14.7 Å². The van der Waals surface area contributed by atoms with Crippen LogP contribution in [0.25, 0.3) is 5.76 Å². The first kappa shape index (κ1) is 21.6. The van der Waals surface area contributed by atoms with Crippen molar-refractivity contribution >= 4 is 29.1 Å². The van der Waals surface area contributed by atoms with Crippen LogP contribution >= 0.6 is 11.6 Å². The second kappa shape index (κ2) is 9.28. The number of H-pyrrole nitrogens is 1. The lowest BCUT2D eigenvalue weighted by atomic mass is 9.95. The number of carbonyl (C=O) groups is 2. The lowest BCUT2D eigenvalue weighted by Crippen LogP contribution is -2.36. The molecule has 0 bridgehead atoms. The molecule has 1 unspecified atom stereocenters. The number of aromatic amines is 1. The van der Waals surface area contributed by atoms with E-state index < -0.39 is 23.5 Å². The van der Waals surface area contributed by atoms with E-state index in [2.05, 4.69) is 4.98 Å². The minimum Gasteiger partial charge on any atom is -0.872 e. The molecule has 0 aliphatic carbocycles. The number of aromatic nitrogens is 2. The third kappa shape index (κ3) is 4.24. The molecule has 1 fully saturated rings. The molecule has 1 atom stereocenters. The Labute approximate surface area is 190 Å². The number of Topliss-reactive ketones (excluding diaryl/α,β-unsaturated/α-hetero) is 1. The maximum absolute atomic E-state index is 13.3. The Bertz CT molecular complexity index is 1140. The standard InChI is InChI=1S/C24H22ClN3O4/c1-32-19-9-5-16(6-10-19)21-20(22(29)17-3-7-18(25)8-4-17)23(30)24(31)28(21)13-2-12-27-14-11-26-15-27/h3-11,14-15,21H,2,12-13H2,1H3,(H,29,30). The van der Waals surface area contributed by atoms with Crippen LogP contribution in [0.4, 0.5) is 0 Å². The van der Waals surface area contributed by atoms with Gasteiger partial charge in [0.05, 0.1) is 19.7 Å². The fraction of sp³-hybridized carbons (Fsp3) is 0.208. The van der Waals surface area contributed by atoms with Gasteiger partial charge >= 0.3 is 0 Å². The van der Waals surface area contributed by atoms with Crippen molar-refractivity contribution in [2.24, 2.45) is 0 Å². The van der Waals surface area contributed by atoms with E-state index >= 15 is 0 Å². The van der Waals surface area contributed by atoms with Crippen LogP contribution in [-0.4, -0.2) is 35.2 Å². The third-order valence-electron chi connectivity index (χ3n) is 5.49. The summed E-state index contributed by atoms with van der Waals surface area (Å²) in [4.78, 5) is 30.4. The Morgan fingerprint density at radius 2 is 1.88 bits per heavy atom. The first-order chi connectivity index (χ1) is 15.5. The van der Waals surface area contributed by atoms with E-state index in [1.165, 1.54) is 4.90 Å². The molecule has 4 rings (SSSR count). The van der Waals surface area contributed by atoms with Crippen LogP contribution in [0.2, 0.25) is 5.02 Å². The number of hydrogen-bond acceptors (Lipinski definition) is 4. The van der Waals surface area contributed by atoms with Gasteiger partial charge in [0.2, 0.25) is 12.1 Å². The molecule has 1 aliphatic heterocycles. The molecule has 1 amide bonds. The topological polar surface area (TPSA) is 89.3 Å².